The van der Waals surface area contributed by atoms with Gasteiger partial charge in [0.15, 0.2) is 5.82 Å². The first-order chi connectivity index (χ1) is 17.4. The van der Waals surface area contributed by atoms with E-state index in [1.165, 1.54) is 34.2 Å². The maximum absolute atomic E-state index is 16.0. The maximum atomic E-state index is 16.0. The fraction of sp³-hybridized carbons (Fsp3) is 0.346. The minimum absolute atomic E-state index is 0.0405. The third-order valence-electron chi connectivity index (χ3n) is 6.55. The Kier molecular flexibility index (Phi) is 5.90. The summed E-state index contributed by atoms with van der Waals surface area (Å²) in [4.78, 5) is 34.9. The van der Waals surface area contributed by atoms with Crippen molar-refractivity contribution in [3.63, 3.8) is 0 Å². The summed E-state index contributed by atoms with van der Waals surface area (Å²) in [5, 5.41) is 9.93. The number of pyridine rings is 1. The third kappa shape index (κ3) is 4.09. The Morgan fingerprint density at radius 3 is 2.65 bits per heavy atom. The van der Waals surface area contributed by atoms with E-state index in [-0.39, 0.29) is 58.3 Å². The van der Waals surface area contributed by atoms with Gasteiger partial charge in [-0.3, -0.25) is 9.78 Å². The maximum Gasteiger partial charge on any atom is 0.410 e. The lowest BCUT2D eigenvalue weighted by Crippen LogP contribution is -2.63. The number of amides is 2. The minimum atomic E-state index is -0.850. The first kappa shape index (κ1) is 25.0. The van der Waals surface area contributed by atoms with Crippen LogP contribution in [0.3, 0.4) is 0 Å². The van der Waals surface area contributed by atoms with Crippen molar-refractivity contribution in [2.24, 2.45) is 0 Å². The summed E-state index contributed by atoms with van der Waals surface area (Å²) in [6.45, 7) is 5.83. The number of halogens is 3. The minimum Gasteiger partial charge on any atom is -0.507 e. The zero-order valence-electron chi connectivity index (χ0n) is 20.7. The molecule has 2 aliphatic rings. The molecular weight excluding hydrogens is 506 g/mol. The highest BCUT2D eigenvalue weighted by Gasteiger charge is 2.43. The van der Waals surface area contributed by atoms with Crippen LogP contribution < -0.4 is 9.80 Å². The average Bonchev–Trinajstić information content (AvgIpc) is 2.83. The van der Waals surface area contributed by atoms with Gasteiger partial charge >= 0.3 is 6.09 Å². The number of carbonyl (C=O) groups excluding carboxylic acids is 2. The van der Waals surface area contributed by atoms with Crippen molar-refractivity contribution in [2.45, 2.75) is 32.4 Å². The van der Waals surface area contributed by atoms with Crippen molar-refractivity contribution in [2.75, 3.05) is 36.5 Å². The van der Waals surface area contributed by atoms with Crippen molar-refractivity contribution in [1.29, 1.82) is 0 Å². The number of aromatic hydroxyl groups is 1. The molecule has 0 saturated carbocycles. The molecule has 1 N–H and O–H groups in total. The second-order valence-electron chi connectivity index (χ2n) is 10.1. The number of hydrogen-bond donors (Lipinski definition) is 1. The highest BCUT2D eigenvalue weighted by molar-refractivity contribution is 6.35. The summed E-state index contributed by atoms with van der Waals surface area (Å²) in [6.07, 6.45) is 0.918. The first-order valence-electron chi connectivity index (χ1n) is 11.7. The number of anilines is 2. The van der Waals surface area contributed by atoms with Gasteiger partial charge < -0.3 is 24.5 Å². The highest BCUT2D eigenvalue weighted by Crippen LogP contribution is 2.47. The Balaban J connectivity index is 1.63. The number of nitrogens with zero attached hydrogens (tertiary/aromatic N) is 4. The van der Waals surface area contributed by atoms with Crippen LogP contribution in [0.5, 0.6) is 5.75 Å². The first-order valence-corrected chi connectivity index (χ1v) is 12.1. The van der Waals surface area contributed by atoms with Crippen LogP contribution in [0.15, 0.2) is 30.5 Å². The van der Waals surface area contributed by atoms with Crippen LogP contribution in [0.4, 0.5) is 25.0 Å². The predicted octanol–water partition coefficient (Wildman–Crippen LogP) is 4.94. The van der Waals surface area contributed by atoms with Crippen LogP contribution in [-0.4, -0.2) is 65.3 Å². The number of fused-ring (bicyclic) bond motifs is 5. The largest absolute Gasteiger partial charge is 0.507 e. The highest BCUT2D eigenvalue weighted by atomic mass is 35.5. The molecule has 37 heavy (non-hydrogen) atoms. The van der Waals surface area contributed by atoms with Crippen LogP contribution in [0.2, 0.25) is 5.02 Å². The van der Waals surface area contributed by atoms with Crippen molar-refractivity contribution >= 4 is 45.9 Å². The van der Waals surface area contributed by atoms with Crippen molar-refractivity contribution in [3.8, 4) is 16.9 Å². The molecule has 194 valence electrons. The van der Waals surface area contributed by atoms with Crippen molar-refractivity contribution in [3.05, 3.63) is 47.1 Å². The summed E-state index contributed by atoms with van der Waals surface area (Å²) < 4.78 is 36.0. The summed E-state index contributed by atoms with van der Waals surface area (Å²) >= 11 is 6.41. The van der Waals surface area contributed by atoms with E-state index in [2.05, 4.69) is 4.98 Å². The zero-order chi connectivity index (χ0) is 26.8. The normalized spacial score (nSPS) is 17.6. The summed E-state index contributed by atoms with van der Waals surface area (Å²) in [6, 6.07) is 4.40. The van der Waals surface area contributed by atoms with E-state index in [0.29, 0.717) is 11.4 Å². The monoisotopic (exact) mass is 530 g/mol. The second kappa shape index (κ2) is 8.72. The van der Waals surface area contributed by atoms with Gasteiger partial charge in [0.2, 0.25) is 0 Å². The molecule has 3 aromatic rings. The van der Waals surface area contributed by atoms with E-state index in [9.17, 15) is 19.1 Å². The van der Waals surface area contributed by atoms with Crippen molar-refractivity contribution in [1.82, 2.24) is 9.88 Å². The van der Waals surface area contributed by atoms with Crippen molar-refractivity contribution < 1.29 is 28.2 Å². The molecule has 1 fully saturated rings. The third-order valence-corrected chi connectivity index (χ3v) is 6.92. The second-order valence-corrected chi connectivity index (χ2v) is 10.5. The molecule has 8 nitrogen and oxygen atoms in total. The Morgan fingerprint density at radius 2 is 1.97 bits per heavy atom. The Hall–Kier alpha value is -3.66. The molecule has 1 saturated heterocycles. The number of hydrogen-bond acceptors (Lipinski definition) is 6. The Morgan fingerprint density at radius 1 is 1.24 bits per heavy atom. The summed E-state index contributed by atoms with van der Waals surface area (Å²) in [5.74, 6) is -2.27. The lowest BCUT2D eigenvalue weighted by molar-refractivity contribution is -0.120. The Labute approximate surface area is 217 Å². The number of likely N-dealkylation sites (N-methyl/N-ethyl adjacent to an activating group) is 1. The summed E-state index contributed by atoms with van der Waals surface area (Å²) in [7, 11) is 1.56. The van der Waals surface area contributed by atoms with Gasteiger partial charge in [-0.05, 0) is 39.0 Å². The molecule has 0 bridgehead atoms. The number of rotatable bonds is 1. The number of phenolic OH excluding ortho intramolecular Hbond substituents is 1. The number of carbonyl (C=O) groups is 2. The number of phenols is 1. The lowest BCUT2D eigenvalue weighted by Gasteiger charge is -2.47. The van der Waals surface area contributed by atoms with Crippen LogP contribution in [0.1, 0.15) is 20.8 Å². The molecule has 11 heteroatoms. The zero-order valence-corrected chi connectivity index (χ0v) is 21.4. The molecule has 1 atom stereocenters. The molecule has 0 spiro atoms. The molecule has 3 heterocycles. The standard InChI is InChI=1S/C26H25ClF2N4O4/c1-26(2,3)37-25(36)32-8-9-33-17(12-32)24(35)31(4)16-11-30-15-10-13(19-14(28)6-5-7-18(19)34)21(27)22(29)20(15)23(16)33/h5-7,10-11,17,34H,8-9,12H2,1-4H3/t17-/m1/s1. The van der Waals surface area contributed by atoms with Crippen LogP contribution in [0.25, 0.3) is 22.0 Å². The van der Waals surface area contributed by atoms with Gasteiger partial charge in [-0.2, -0.15) is 0 Å². The molecular formula is C26H25ClF2N4O4. The van der Waals surface area contributed by atoms with E-state index in [0.717, 1.165) is 6.07 Å². The SMILES string of the molecule is CN1C(=O)[C@H]2CN(C(=O)OC(C)(C)C)CCN2c2c1cnc1cc(-c3c(O)cccc3F)c(Cl)c(F)c21. The van der Waals surface area contributed by atoms with Gasteiger partial charge in [0.05, 0.1) is 45.6 Å². The molecule has 5 rings (SSSR count). The van der Waals surface area contributed by atoms with E-state index in [4.69, 9.17) is 16.3 Å². The molecule has 2 aliphatic heterocycles. The lowest BCUT2D eigenvalue weighted by atomic mass is 9.97. The van der Waals surface area contributed by atoms with E-state index >= 15 is 4.39 Å². The number of benzene rings is 2. The van der Waals surface area contributed by atoms with E-state index < -0.39 is 29.4 Å². The molecule has 2 amide bonds. The van der Waals surface area contributed by atoms with E-state index in [1.54, 1.807) is 32.7 Å². The van der Waals surface area contributed by atoms with Gasteiger partial charge in [0.25, 0.3) is 5.91 Å². The summed E-state index contributed by atoms with van der Waals surface area (Å²) in [5.41, 5.74) is 0.000449. The van der Waals surface area contributed by atoms with Gasteiger partial charge in [-0.25, -0.2) is 13.6 Å². The number of piperazine rings is 1. The average molecular weight is 531 g/mol. The van der Waals surface area contributed by atoms with Crippen LogP contribution in [0, 0.1) is 11.6 Å². The molecule has 2 aromatic carbocycles. The van der Waals surface area contributed by atoms with E-state index in [1.807, 2.05) is 0 Å². The van der Waals surface area contributed by atoms with Gasteiger partial charge in [0.1, 0.15) is 23.2 Å². The number of ether oxygens (including phenoxy) is 1. The smallest absolute Gasteiger partial charge is 0.410 e. The number of aromatic nitrogens is 1. The predicted molar refractivity (Wildman–Crippen MR) is 136 cm³/mol. The molecule has 0 unspecified atom stereocenters. The fourth-order valence-electron chi connectivity index (χ4n) is 4.85. The van der Waals surface area contributed by atoms with Crippen LogP contribution in [-0.2, 0) is 9.53 Å². The van der Waals surface area contributed by atoms with Gasteiger partial charge in [0, 0.05) is 25.7 Å². The van der Waals surface area contributed by atoms with Gasteiger partial charge in [-0.15, -0.1) is 0 Å². The molecule has 0 aliphatic carbocycles. The molecule has 1 aromatic heterocycles. The fourth-order valence-corrected chi connectivity index (χ4v) is 5.10. The molecule has 0 radical (unpaired) electrons. The Bertz CT molecular complexity index is 1440. The quantitative estimate of drug-likeness (QED) is 0.479. The van der Waals surface area contributed by atoms with Gasteiger partial charge in [-0.1, -0.05) is 17.7 Å². The van der Waals surface area contributed by atoms with Crippen LogP contribution >= 0.6 is 11.6 Å². The topological polar surface area (TPSA) is 86.2 Å².